The molecule has 0 spiro atoms. The van der Waals surface area contributed by atoms with Gasteiger partial charge in [-0.05, 0) is 30.7 Å². The number of nitrogens with zero attached hydrogens (tertiary/aromatic N) is 2. The molecule has 0 bridgehead atoms. The molecule has 2 aromatic heterocycles. The minimum Gasteiger partial charge on any atom is -0.379 e. The minimum atomic E-state index is -4.66. The van der Waals surface area contributed by atoms with Crippen LogP contribution < -0.4 is 0 Å². The van der Waals surface area contributed by atoms with Crippen LogP contribution in [0, 0.1) is 6.92 Å². The summed E-state index contributed by atoms with van der Waals surface area (Å²) in [7, 11) is 1.62. The summed E-state index contributed by atoms with van der Waals surface area (Å²) < 4.78 is 74.4. The summed E-state index contributed by atoms with van der Waals surface area (Å²) in [6.45, 7) is 1.78. The smallest absolute Gasteiger partial charge is 0.379 e. The second-order valence-electron chi connectivity index (χ2n) is 6.27. The van der Waals surface area contributed by atoms with Gasteiger partial charge in [-0.15, -0.1) is 0 Å². The molecule has 0 saturated carbocycles. The maximum absolute atomic E-state index is 12.4. The highest BCUT2D eigenvalue weighted by molar-refractivity contribution is 5.82. The zero-order valence-corrected chi connectivity index (χ0v) is 15.0. The van der Waals surface area contributed by atoms with Crippen molar-refractivity contribution < 1.29 is 31.4 Å². The van der Waals surface area contributed by atoms with Crippen LogP contribution in [0.2, 0.25) is 0 Å². The Bertz CT molecular complexity index is 925. The number of halogens is 6. The molecule has 1 unspecified atom stereocenters. The van der Waals surface area contributed by atoms with Crippen LogP contribution in [0.1, 0.15) is 22.9 Å². The molecule has 1 N–H and O–H groups in total. The molecule has 0 aliphatic rings. The van der Waals surface area contributed by atoms with E-state index in [1.807, 2.05) is 0 Å². The van der Waals surface area contributed by atoms with Crippen molar-refractivity contribution in [1.29, 1.82) is 0 Å². The summed E-state index contributed by atoms with van der Waals surface area (Å²) in [4.78, 5) is 3.93. The molecule has 0 aliphatic heterocycles. The zero-order valence-electron chi connectivity index (χ0n) is 15.0. The topological polar surface area (TPSA) is 38.0 Å². The van der Waals surface area contributed by atoms with Gasteiger partial charge in [-0.25, -0.2) is 0 Å². The van der Waals surface area contributed by atoms with E-state index in [2.05, 4.69) is 4.98 Å². The van der Waals surface area contributed by atoms with Crippen molar-refractivity contribution in [3.8, 4) is 0 Å². The fraction of sp³-hybridized carbons (Fsp3) is 0.316. The van der Waals surface area contributed by atoms with Crippen molar-refractivity contribution in [2.45, 2.75) is 31.8 Å². The number of aryl methyl sites for hydroxylation is 2. The lowest BCUT2D eigenvalue weighted by molar-refractivity contribution is -0.206. The molecule has 0 saturated heterocycles. The van der Waals surface area contributed by atoms with Crippen LogP contribution in [-0.4, -0.2) is 27.0 Å². The highest BCUT2D eigenvalue weighted by Gasteiger charge is 2.40. The third kappa shape index (κ3) is 5.72. The average Bonchev–Trinajstić information content (AvgIpc) is 2.89. The van der Waals surface area contributed by atoms with Crippen LogP contribution in [0.4, 0.5) is 26.3 Å². The number of benzene rings is 1. The Morgan fingerprint density at radius 2 is 1.71 bits per heavy atom. The monoisotopic (exact) mass is 404 g/mol. The Labute approximate surface area is 157 Å². The van der Waals surface area contributed by atoms with Crippen LogP contribution in [0.3, 0.4) is 0 Å². The maximum atomic E-state index is 12.4. The number of para-hydroxylation sites is 1. The van der Waals surface area contributed by atoms with Gasteiger partial charge in [-0.3, -0.25) is 4.98 Å². The first-order valence-corrected chi connectivity index (χ1v) is 8.15. The van der Waals surface area contributed by atoms with Gasteiger partial charge in [0.15, 0.2) is 6.10 Å². The average molecular weight is 404 g/mol. The number of aliphatic hydroxyl groups is 1. The largest absolute Gasteiger partial charge is 0.418 e. The lowest BCUT2D eigenvalue weighted by atomic mass is 10.0. The van der Waals surface area contributed by atoms with Crippen molar-refractivity contribution in [2.24, 2.45) is 7.05 Å². The third-order valence-corrected chi connectivity index (χ3v) is 3.91. The van der Waals surface area contributed by atoms with Gasteiger partial charge in [0.1, 0.15) is 0 Å². The van der Waals surface area contributed by atoms with Crippen LogP contribution in [0.25, 0.3) is 10.9 Å². The quantitative estimate of drug-likeness (QED) is 0.591. The Kier molecular flexibility index (Phi) is 6.38. The number of aromatic nitrogens is 2. The van der Waals surface area contributed by atoms with Crippen molar-refractivity contribution in [2.75, 3.05) is 0 Å². The third-order valence-electron chi connectivity index (χ3n) is 3.91. The second kappa shape index (κ2) is 8.22. The second-order valence-corrected chi connectivity index (χ2v) is 6.27. The normalized spacial score (nSPS) is 13.2. The summed E-state index contributed by atoms with van der Waals surface area (Å²) in [6.07, 6.45) is -9.16. The fourth-order valence-electron chi connectivity index (χ4n) is 2.70. The fourth-order valence-corrected chi connectivity index (χ4v) is 2.70. The van der Waals surface area contributed by atoms with Gasteiger partial charge in [0.2, 0.25) is 0 Å². The van der Waals surface area contributed by atoms with E-state index < -0.39 is 24.9 Å². The van der Waals surface area contributed by atoms with Gasteiger partial charge in [0.25, 0.3) is 0 Å². The number of hydrogen-bond acceptors (Lipinski definition) is 2. The standard InChI is InChI=1S/C11H8F3NO.C8H10F3N/c12-11(13,14)10(16)8-5-6-15-9-4-2-1-3-7(8)9;1-6-3-7(12(2)5-6)4-8(9,10)11/h1-6,10,16H;3,5H,4H2,1-2H3. The molecule has 9 heteroatoms. The number of aliphatic hydroxyl groups excluding tert-OH is 1. The molecule has 1 atom stereocenters. The molecule has 0 radical (unpaired) electrons. The van der Waals surface area contributed by atoms with E-state index in [4.69, 9.17) is 0 Å². The Morgan fingerprint density at radius 1 is 1.07 bits per heavy atom. The minimum absolute atomic E-state index is 0.168. The van der Waals surface area contributed by atoms with Crippen molar-refractivity contribution in [3.05, 3.63) is 65.6 Å². The lowest BCUT2D eigenvalue weighted by Gasteiger charge is -2.16. The molecule has 3 nitrogen and oxygen atoms in total. The Morgan fingerprint density at radius 3 is 2.25 bits per heavy atom. The molecule has 28 heavy (non-hydrogen) atoms. The van der Waals surface area contributed by atoms with Crippen LogP contribution in [-0.2, 0) is 13.5 Å². The molecule has 152 valence electrons. The first-order chi connectivity index (χ1) is 12.9. The summed E-state index contributed by atoms with van der Waals surface area (Å²) >= 11 is 0. The van der Waals surface area contributed by atoms with E-state index in [0.29, 0.717) is 16.6 Å². The highest BCUT2D eigenvalue weighted by Crippen LogP contribution is 2.35. The molecule has 0 fully saturated rings. The van der Waals surface area contributed by atoms with Crippen molar-refractivity contribution in [3.63, 3.8) is 0 Å². The summed E-state index contributed by atoms with van der Waals surface area (Å²) in [6, 6.07) is 9.12. The summed E-state index contributed by atoms with van der Waals surface area (Å²) in [5, 5.41) is 9.52. The van der Waals surface area contributed by atoms with Crippen molar-refractivity contribution >= 4 is 10.9 Å². The number of pyridine rings is 1. The molecule has 0 amide bonds. The molecular weight excluding hydrogens is 386 g/mol. The summed E-state index contributed by atoms with van der Waals surface area (Å²) in [5.74, 6) is 0. The SMILES string of the molecule is Cc1cc(CC(F)(F)F)n(C)c1.OC(c1ccnc2ccccc12)C(F)(F)F. The van der Waals surface area contributed by atoms with Crippen LogP contribution in [0.5, 0.6) is 0 Å². The highest BCUT2D eigenvalue weighted by atomic mass is 19.4. The van der Waals surface area contributed by atoms with E-state index in [0.717, 1.165) is 5.56 Å². The van der Waals surface area contributed by atoms with Gasteiger partial charge in [0.05, 0.1) is 11.9 Å². The molecule has 1 aromatic carbocycles. The van der Waals surface area contributed by atoms with E-state index in [1.54, 1.807) is 44.4 Å². The molecule has 3 rings (SSSR count). The number of alkyl halides is 6. The summed E-state index contributed by atoms with van der Waals surface area (Å²) in [5.41, 5.74) is 1.43. The predicted octanol–water partition coefficient (Wildman–Crippen LogP) is 5.27. The van der Waals surface area contributed by atoms with Gasteiger partial charge in [0, 0.05) is 36.1 Å². The van der Waals surface area contributed by atoms with Gasteiger partial charge in [-0.1, -0.05) is 18.2 Å². The molecule has 3 aromatic rings. The number of hydrogen-bond donors (Lipinski definition) is 1. The first kappa shape index (κ1) is 21.7. The molecule has 2 heterocycles. The lowest BCUT2D eigenvalue weighted by Crippen LogP contribution is -2.20. The van der Waals surface area contributed by atoms with Gasteiger partial charge < -0.3 is 9.67 Å². The van der Waals surface area contributed by atoms with E-state index in [9.17, 15) is 31.4 Å². The van der Waals surface area contributed by atoms with E-state index >= 15 is 0 Å². The Balaban J connectivity index is 0.000000209. The predicted molar refractivity (Wildman–Crippen MR) is 92.7 cm³/mol. The molecular formula is C19H18F6N2O. The first-order valence-electron chi connectivity index (χ1n) is 8.15. The van der Waals surface area contributed by atoms with Gasteiger partial charge >= 0.3 is 12.4 Å². The van der Waals surface area contributed by atoms with Crippen LogP contribution >= 0.6 is 0 Å². The maximum Gasteiger partial charge on any atom is 0.418 e. The number of rotatable bonds is 2. The Hall–Kier alpha value is -2.55. The zero-order chi connectivity index (χ0) is 21.1. The molecule has 0 aliphatic carbocycles. The van der Waals surface area contributed by atoms with Crippen LogP contribution in [0.15, 0.2) is 48.8 Å². The number of fused-ring (bicyclic) bond motifs is 1. The van der Waals surface area contributed by atoms with Gasteiger partial charge in [-0.2, -0.15) is 26.3 Å². The van der Waals surface area contributed by atoms with E-state index in [-0.39, 0.29) is 5.56 Å². The van der Waals surface area contributed by atoms with Crippen molar-refractivity contribution in [1.82, 2.24) is 9.55 Å². The van der Waals surface area contributed by atoms with E-state index in [1.165, 1.54) is 22.9 Å².